The highest BCUT2D eigenvalue weighted by Gasteiger charge is 2.17. The molecule has 0 bridgehead atoms. The highest BCUT2D eigenvalue weighted by Crippen LogP contribution is 2.30. The van der Waals surface area contributed by atoms with Crippen LogP contribution in [0, 0.1) is 0 Å². The Bertz CT molecular complexity index is 1140. The molecule has 2 aromatic carbocycles. The van der Waals surface area contributed by atoms with Gasteiger partial charge in [-0.05, 0) is 49.4 Å². The molecule has 2 heterocycles. The Morgan fingerprint density at radius 1 is 1.07 bits per heavy atom. The molecular formula is C20H13Cl2N3O3. The molecule has 0 aliphatic rings. The van der Waals surface area contributed by atoms with E-state index in [1.165, 1.54) is 0 Å². The van der Waals surface area contributed by atoms with Gasteiger partial charge in [-0.1, -0.05) is 23.2 Å². The average Bonchev–Trinajstić information content (AvgIpc) is 3.11. The number of aromatic nitrogens is 3. The first-order valence-corrected chi connectivity index (χ1v) is 9.10. The van der Waals surface area contributed by atoms with Crippen LogP contribution in [0.5, 0.6) is 0 Å². The zero-order chi connectivity index (χ0) is 19.7. The standard InChI is InChI=1S/C20H13Cl2N3O3/c1-11(18-23-5-2-6-24-18)27-20(26)12-3-4-16-17(9-12)28-19(25-16)13-7-14(21)10-15(22)8-13/h2-11H,1H3. The van der Waals surface area contributed by atoms with Gasteiger partial charge < -0.3 is 9.15 Å². The Labute approximate surface area is 170 Å². The van der Waals surface area contributed by atoms with Crippen molar-refractivity contribution in [2.45, 2.75) is 13.0 Å². The molecule has 0 fully saturated rings. The maximum atomic E-state index is 12.5. The highest BCUT2D eigenvalue weighted by molar-refractivity contribution is 6.35. The van der Waals surface area contributed by atoms with E-state index in [9.17, 15) is 4.79 Å². The number of esters is 1. The van der Waals surface area contributed by atoms with Gasteiger partial charge in [-0.15, -0.1) is 0 Å². The number of fused-ring (bicyclic) bond motifs is 1. The number of benzene rings is 2. The van der Waals surface area contributed by atoms with Crippen molar-refractivity contribution in [3.05, 3.63) is 76.3 Å². The van der Waals surface area contributed by atoms with Crippen molar-refractivity contribution >= 4 is 40.3 Å². The Kier molecular flexibility index (Phi) is 4.98. The fourth-order valence-corrected chi connectivity index (χ4v) is 3.18. The summed E-state index contributed by atoms with van der Waals surface area (Å²) in [6.07, 6.45) is 2.61. The van der Waals surface area contributed by atoms with Crippen LogP contribution in [-0.4, -0.2) is 20.9 Å². The van der Waals surface area contributed by atoms with E-state index in [0.29, 0.717) is 44.0 Å². The van der Waals surface area contributed by atoms with Gasteiger partial charge in [-0.3, -0.25) is 0 Å². The van der Waals surface area contributed by atoms with E-state index >= 15 is 0 Å². The van der Waals surface area contributed by atoms with Gasteiger partial charge in [-0.25, -0.2) is 19.7 Å². The third-order valence-corrected chi connectivity index (χ3v) is 4.40. The summed E-state index contributed by atoms with van der Waals surface area (Å²) in [6, 6.07) is 11.6. The van der Waals surface area contributed by atoms with Crippen LogP contribution in [0.4, 0.5) is 0 Å². The van der Waals surface area contributed by atoms with Gasteiger partial charge in [-0.2, -0.15) is 0 Å². The third-order valence-electron chi connectivity index (χ3n) is 3.97. The van der Waals surface area contributed by atoms with Crippen LogP contribution in [0.15, 0.2) is 59.3 Å². The van der Waals surface area contributed by atoms with Gasteiger partial charge >= 0.3 is 5.97 Å². The van der Waals surface area contributed by atoms with Crippen LogP contribution in [0.25, 0.3) is 22.6 Å². The molecule has 4 rings (SSSR count). The number of halogens is 2. The van der Waals surface area contributed by atoms with Crippen molar-refractivity contribution in [1.82, 2.24) is 15.0 Å². The van der Waals surface area contributed by atoms with Crippen molar-refractivity contribution in [2.24, 2.45) is 0 Å². The predicted molar refractivity (Wildman–Crippen MR) is 105 cm³/mol. The topological polar surface area (TPSA) is 78.1 Å². The first-order valence-electron chi connectivity index (χ1n) is 8.34. The number of hydrogen-bond acceptors (Lipinski definition) is 6. The Hall–Kier alpha value is -2.96. The number of nitrogens with zero attached hydrogens (tertiary/aromatic N) is 3. The monoisotopic (exact) mass is 413 g/mol. The summed E-state index contributed by atoms with van der Waals surface area (Å²) in [5, 5.41) is 0.956. The number of hydrogen-bond donors (Lipinski definition) is 0. The molecule has 1 unspecified atom stereocenters. The predicted octanol–water partition coefficient (Wildman–Crippen LogP) is 5.51. The maximum Gasteiger partial charge on any atom is 0.338 e. The molecule has 4 aromatic rings. The maximum absolute atomic E-state index is 12.5. The molecule has 0 aliphatic carbocycles. The summed E-state index contributed by atoms with van der Waals surface area (Å²) in [6.45, 7) is 1.71. The molecule has 6 nitrogen and oxygen atoms in total. The lowest BCUT2D eigenvalue weighted by Crippen LogP contribution is -2.11. The summed E-state index contributed by atoms with van der Waals surface area (Å²) in [4.78, 5) is 25.1. The molecule has 28 heavy (non-hydrogen) atoms. The second-order valence-electron chi connectivity index (χ2n) is 6.01. The van der Waals surface area contributed by atoms with Crippen LogP contribution in [0.2, 0.25) is 10.0 Å². The van der Waals surface area contributed by atoms with E-state index in [1.807, 2.05) is 0 Å². The Balaban J connectivity index is 1.60. The molecule has 0 amide bonds. The third kappa shape index (κ3) is 3.83. The van der Waals surface area contributed by atoms with E-state index < -0.39 is 12.1 Å². The number of oxazole rings is 1. The molecule has 2 aromatic heterocycles. The molecule has 8 heteroatoms. The van der Waals surface area contributed by atoms with E-state index in [1.54, 1.807) is 61.8 Å². The van der Waals surface area contributed by atoms with E-state index in [0.717, 1.165) is 0 Å². The van der Waals surface area contributed by atoms with E-state index in [-0.39, 0.29) is 0 Å². The summed E-state index contributed by atoms with van der Waals surface area (Å²) in [5.41, 5.74) is 2.03. The van der Waals surface area contributed by atoms with Gasteiger partial charge in [0.1, 0.15) is 5.52 Å². The van der Waals surface area contributed by atoms with Crippen molar-refractivity contribution in [3.8, 4) is 11.5 Å². The SMILES string of the molecule is CC(OC(=O)c1ccc2nc(-c3cc(Cl)cc(Cl)c3)oc2c1)c1ncccn1. The second-order valence-corrected chi connectivity index (χ2v) is 6.89. The molecule has 0 radical (unpaired) electrons. The Morgan fingerprint density at radius 3 is 2.50 bits per heavy atom. The van der Waals surface area contributed by atoms with Crippen LogP contribution in [0.1, 0.15) is 29.2 Å². The first kappa shape index (κ1) is 18.4. The van der Waals surface area contributed by atoms with Gasteiger partial charge in [0, 0.05) is 28.0 Å². The lowest BCUT2D eigenvalue weighted by atomic mass is 10.2. The normalized spacial score (nSPS) is 12.1. The average molecular weight is 414 g/mol. The van der Waals surface area contributed by atoms with Crippen LogP contribution >= 0.6 is 23.2 Å². The minimum Gasteiger partial charge on any atom is -0.451 e. The fourth-order valence-electron chi connectivity index (χ4n) is 2.65. The number of carbonyl (C=O) groups excluding carboxylic acids is 1. The van der Waals surface area contributed by atoms with Crippen LogP contribution in [0.3, 0.4) is 0 Å². The van der Waals surface area contributed by atoms with E-state index in [2.05, 4.69) is 15.0 Å². The number of rotatable bonds is 4. The largest absolute Gasteiger partial charge is 0.451 e. The zero-order valence-corrected chi connectivity index (χ0v) is 16.1. The summed E-state index contributed by atoms with van der Waals surface area (Å²) >= 11 is 12.1. The summed E-state index contributed by atoms with van der Waals surface area (Å²) in [5.74, 6) is 0.276. The summed E-state index contributed by atoms with van der Waals surface area (Å²) < 4.78 is 11.2. The van der Waals surface area contributed by atoms with Crippen molar-refractivity contribution < 1.29 is 13.9 Å². The van der Waals surface area contributed by atoms with Crippen LogP contribution in [-0.2, 0) is 4.74 Å². The molecule has 0 N–H and O–H groups in total. The van der Waals surface area contributed by atoms with Gasteiger partial charge in [0.15, 0.2) is 17.5 Å². The smallest absolute Gasteiger partial charge is 0.338 e. The molecule has 0 saturated heterocycles. The van der Waals surface area contributed by atoms with Crippen molar-refractivity contribution in [2.75, 3.05) is 0 Å². The molecule has 0 aliphatic heterocycles. The molecule has 0 spiro atoms. The Morgan fingerprint density at radius 2 is 1.79 bits per heavy atom. The van der Waals surface area contributed by atoms with Gasteiger partial charge in [0.2, 0.25) is 5.89 Å². The van der Waals surface area contributed by atoms with Crippen LogP contribution < -0.4 is 0 Å². The van der Waals surface area contributed by atoms with E-state index in [4.69, 9.17) is 32.4 Å². The molecule has 1 atom stereocenters. The molecular weight excluding hydrogens is 401 g/mol. The lowest BCUT2D eigenvalue weighted by Gasteiger charge is -2.11. The second kappa shape index (κ2) is 7.58. The molecule has 0 saturated carbocycles. The zero-order valence-electron chi connectivity index (χ0n) is 14.6. The highest BCUT2D eigenvalue weighted by atomic mass is 35.5. The van der Waals surface area contributed by atoms with Crippen molar-refractivity contribution in [1.29, 1.82) is 0 Å². The molecule has 140 valence electrons. The van der Waals surface area contributed by atoms with Gasteiger partial charge in [0.25, 0.3) is 0 Å². The number of carbonyl (C=O) groups is 1. The van der Waals surface area contributed by atoms with Gasteiger partial charge in [0.05, 0.1) is 5.56 Å². The minimum atomic E-state index is -0.580. The quantitative estimate of drug-likeness (QED) is 0.410. The number of ether oxygens (including phenoxy) is 1. The van der Waals surface area contributed by atoms with Crippen molar-refractivity contribution in [3.63, 3.8) is 0 Å². The minimum absolute atomic E-state index is 0.335. The lowest BCUT2D eigenvalue weighted by molar-refractivity contribution is 0.0319. The summed E-state index contributed by atoms with van der Waals surface area (Å²) in [7, 11) is 0. The fraction of sp³-hybridized carbons (Fsp3) is 0.100. The first-order chi connectivity index (χ1) is 13.5.